The van der Waals surface area contributed by atoms with Gasteiger partial charge in [0.1, 0.15) is 12.0 Å². The van der Waals surface area contributed by atoms with Crippen molar-refractivity contribution in [3.05, 3.63) is 47.1 Å². The average Bonchev–Trinajstić information content (AvgIpc) is 2.85. The Morgan fingerprint density at radius 2 is 2.20 bits per heavy atom. The zero-order valence-electron chi connectivity index (χ0n) is 10.3. The van der Waals surface area contributed by atoms with Crippen LogP contribution in [0.3, 0.4) is 0 Å². The van der Waals surface area contributed by atoms with E-state index in [0.717, 1.165) is 0 Å². The van der Waals surface area contributed by atoms with Gasteiger partial charge < -0.3 is 11.1 Å². The summed E-state index contributed by atoms with van der Waals surface area (Å²) < 4.78 is 1.49. The van der Waals surface area contributed by atoms with Gasteiger partial charge in [-0.1, -0.05) is 41.5 Å². The number of halogens is 1. The molecule has 3 N–H and O–H groups in total. The lowest BCUT2D eigenvalue weighted by Gasteiger charge is -2.32. The summed E-state index contributed by atoms with van der Waals surface area (Å²) in [5, 5.41) is 14.7. The molecule has 1 aliphatic rings. The van der Waals surface area contributed by atoms with Gasteiger partial charge in [0.05, 0.1) is 0 Å². The third kappa shape index (κ3) is 1.83. The van der Waals surface area contributed by atoms with Crippen molar-refractivity contribution in [2.24, 2.45) is 11.7 Å². The number of carbonyl (C=O) groups is 1. The molecule has 0 spiro atoms. The number of carbonyl (C=O) groups excluding carboxylic acids is 1. The van der Waals surface area contributed by atoms with Gasteiger partial charge in [0, 0.05) is 10.7 Å². The number of fused-ring (bicyclic) bond motifs is 1. The topological polar surface area (TPSA) is 98.7 Å². The van der Waals surface area contributed by atoms with Crippen LogP contribution < -0.4 is 11.1 Å². The number of primary amides is 1. The van der Waals surface area contributed by atoms with Gasteiger partial charge in [0.2, 0.25) is 11.9 Å². The molecular formula is C12H11ClN6O. The molecule has 2 heterocycles. The van der Waals surface area contributed by atoms with Gasteiger partial charge in [-0.3, -0.25) is 4.79 Å². The predicted molar refractivity (Wildman–Crippen MR) is 72.9 cm³/mol. The minimum atomic E-state index is -0.689. The van der Waals surface area contributed by atoms with Crippen molar-refractivity contribution in [3.8, 4) is 0 Å². The monoisotopic (exact) mass is 290 g/mol. The molecule has 1 amide bonds. The molecule has 2 unspecified atom stereocenters. The number of nitrogens with one attached hydrogen (secondary N) is 1. The Labute approximate surface area is 119 Å². The summed E-state index contributed by atoms with van der Waals surface area (Å²) >= 11 is 6.22. The number of nitrogens with zero attached hydrogens (tertiary/aromatic N) is 4. The SMILES string of the molecule is C=C1Nc2nnnn2C(c2ccccc2Cl)C1C(N)=O. The Bertz CT molecular complexity index is 697. The van der Waals surface area contributed by atoms with Gasteiger partial charge in [-0.05, 0) is 22.1 Å². The molecule has 0 radical (unpaired) electrons. The Kier molecular flexibility index (Phi) is 2.90. The summed E-state index contributed by atoms with van der Waals surface area (Å²) in [7, 11) is 0. The van der Waals surface area contributed by atoms with Gasteiger partial charge in [-0.2, -0.15) is 0 Å². The van der Waals surface area contributed by atoms with Crippen molar-refractivity contribution in [2.45, 2.75) is 6.04 Å². The lowest BCUT2D eigenvalue weighted by molar-refractivity contribution is -0.121. The van der Waals surface area contributed by atoms with Gasteiger partial charge in [0.25, 0.3) is 0 Å². The summed E-state index contributed by atoms with van der Waals surface area (Å²) in [6.45, 7) is 3.84. The lowest BCUT2D eigenvalue weighted by atomic mass is 9.89. The van der Waals surface area contributed by atoms with Crippen LogP contribution in [0.15, 0.2) is 36.5 Å². The number of amides is 1. The van der Waals surface area contributed by atoms with E-state index in [1.807, 2.05) is 18.2 Å². The van der Waals surface area contributed by atoms with Gasteiger partial charge in [-0.25, -0.2) is 4.68 Å². The van der Waals surface area contributed by atoms with Crippen LogP contribution in [-0.2, 0) is 4.79 Å². The highest BCUT2D eigenvalue weighted by molar-refractivity contribution is 6.31. The van der Waals surface area contributed by atoms with E-state index >= 15 is 0 Å². The third-order valence-electron chi connectivity index (χ3n) is 3.25. The summed E-state index contributed by atoms with van der Waals surface area (Å²) in [6, 6.07) is 6.67. The Balaban J connectivity index is 2.21. The second-order valence-electron chi connectivity index (χ2n) is 4.44. The fourth-order valence-electron chi connectivity index (χ4n) is 2.37. The summed E-state index contributed by atoms with van der Waals surface area (Å²) in [5.41, 5.74) is 6.66. The average molecular weight is 291 g/mol. The van der Waals surface area contributed by atoms with E-state index in [0.29, 0.717) is 22.2 Å². The molecule has 2 atom stereocenters. The standard InChI is InChI=1S/C12H11ClN6O/c1-6-9(11(14)20)10(7-4-2-3-5-8(7)13)19-12(15-6)16-17-18-19/h2-5,9-10H,1H2,(H2,14,20)(H,15,16,18). The second-order valence-corrected chi connectivity index (χ2v) is 4.85. The first-order valence-electron chi connectivity index (χ1n) is 5.87. The zero-order valence-corrected chi connectivity index (χ0v) is 11.1. The summed E-state index contributed by atoms with van der Waals surface area (Å²) in [5.74, 6) is -0.808. The minimum Gasteiger partial charge on any atom is -0.369 e. The number of hydrogen-bond donors (Lipinski definition) is 2. The molecule has 0 bridgehead atoms. The first-order chi connectivity index (χ1) is 9.59. The molecule has 1 aromatic heterocycles. The van der Waals surface area contributed by atoms with Crippen LogP contribution in [0.1, 0.15) is 11.6 Å². The molecule has 0 fully saturated rings. The maximum absolute atomic E-state index is 11.8. The number of aromatic nitrogens is 4. The quantitative estimate of drug-likeness (QED) is 0.858. The van der Waals surface area contributed by atoms with Crippen LogP contribution >= 0.6 is 11.6 Å². The van der Waals surface area contributed by atoms with Crippen LogP contribution in [0.4, 0.5) is 5.95 Å². The van der Waals surface area contributed by atoms with E-state index < -0.39 is 17.9 Å². The zero-order chi connectivity index (χ0) is 14.3. The van der Waals surface area contributed by atoms with E-state index in [2.05, 4.69) is 27.4 Å². The van der Waals surface area contributed by atoms with Crippen LogP contribution in [-0.4, -0.2) is 26.1 Å². The van der Waals surface area contributed by atoms with E-state index in [4.69, 9.17) is 17.3 Å². The fourth-order valence-corrected chi connectivity index (χ4v) is 2.62. The molecule has 1 aliphatic heterocycles. The summed E-state index contributed by atoms with van der Waals surface area (Å²) in [4.78, 5) is 11.8. The van der Waals surface area contributed by atoms with Gasteiger partial charge in [0.15, 0.2) is 0 Å². The molecule has 0 saturated heterocycles. The molecule has 0 saturated carbocycles. The summed E-state index contributed by atoms with van der Waals surface area (Å²) in [6.07, 6.45) is 0. The highest BCUT2D eigenvalue weighted by Gasteiger charge is 2.39. The fraction of sp³-hybridized carbons (Fsp3) is 0.167. The molecular weight excluding hydrogens is 280 g/mol. The van der Waals surface area contributed by atoms with Crippen LogP contribution in [0.5, 0.6) is 0 Å². The number of rotatable bonds is 2. The molecule has 0 aliphatic carbocycles. The van der Waals surface area contributed by atoms with Crippen LogP contribution in [0.25, 0.3) is 0 Å². The molecule has 2 aromatic rings. The number of hydrogen-bond acceptors (Lipinski definition) is 5. The van der Waals surface area contributed by atoms with Crippen molar-refractivity contribution in [1.82, 2.24) is 20.2 Å². The minimum absolute atomic E-state index is 0.400. The molecule has 7 nitrogen and oxygen atoms in total. The van der Waals surface area contributed by atoms with Gasteiger partial charge >= 0.3 is 0 Å². The van der Waals surface area contributed by atoms with E-state index in [9.17, 15) is 4.79 Å². The lowest BCUT2D eigenvalue weighted by Crippen LogP contribution is -2.40. The van der Waals surface area contributed by atoms with Crippen LogP contribution in [0, 0.1) is 5.92 Å². The van der Waals surface area contributed by atoms with Crippen molar-refractivity contribution in [2.75, 3.05) is 5.32 Å². The van der Waals surface area contributed by atoms with E-state index in [-0.39, 0.29) is 0 Å². The first kappa shape index (κ1) is 12.6. The third-order valence-corrected chi connectivity index (χ3v) is 3.59. The molecule has 3 rings (SSSR count). The largest absolute Gasteiger partial charge is 0.369 e. The highest BCUT2D eigenvalue weighted by Crippen LogP contribution is 2.38. The number of benzene rings is 1. The van der Waals surface area contributed by atoms with E-state index in [1.54, 1.807) is 6.07 Å². The normalized spacial score (nSPS) is 21.1. The molecule has 102 valence electrons. The molecule has 1 aromatic carbocycles. The number of anilines is 1. The Hall–Kier alpha value is -2.41. The Morgan fingerprint density at radius 1 is 1.45 bits per heavy atom. The van der Waals surface area contributed by atoms with Crippen molar-refractivity contribution in [3.63, 3.8) is 0 Å². The number of nitrogens with two attached hydrogens (primary N) is 1. The predicted octanol–water partition coefficient (Wildman–Crippen LogP) is 0.957. The maximum atomic E-state index is 11.8. The van der Waals surface area contributed by atoms with Gasteiger partial charge in [-0.15, -0.1) is 0 Å². The molecule has 8 heteroatoms. The first-order valence-corrected chi connectivity index (χ1v) is 6.25. The maximum Gasteiger partial charge on any atom is 0.247 e. The van der Waals surface area contributed by atoms with E-state index in [1.165, 1.54) is 4.68 Å². The van der Waals surface area contributed by atoms with Crippen molar-refractivity contribution in [1.29, 1.82) is 0 Å². The van der Waals surface area contributed by atoms with Crippen LogP contribution in [0.2, 0.25) is 5.02 Å². The van der Waals surface area contributed by atoms with Crippen molar-refractivity contribution >= 4 is 23.5 Å². The highest BCUT2D eigenvalue weighted by atomic mass is 35.5. The Morgan fingerprint density at radius 3 is 2.90 bits per heavy atom. The van der Waals surface area contributed by atoms with Crippen molar-refractivity contribution < 1.29 is 4.79 Å². The second kappa shape index (κ2) is 4.61. The smallest absolute Gasteiger partial charge is 0.247 e. The number of tetrazole rings is 1. The molecule has 20 heavy (non-hydrogen) atoms.